The molecule has 0 aromatic rings. The van der Waals surface area contributed by atoms with E-state index in [2.05, 4.69) is 22.0 Å². The molecule has 1 N–H and O–H groups in total. The van der Waals surface area contributed by atoms with Crippen LogP contribution in [-0.4, -0.2) is 60.5 Å². The molecule has 3 aliphatic heterocycles. The summed E-state index contributed by atoms with van der Waals surface area (Å²) in [7, 11) is 0. The molecule has 3 unspecified atom stereocenters. The van der Waals surface area contributed by atoms with Crippen LogP contribution in [0.2, 0.25) is 0 Å². The zero-order valence-corrected chi connectivity index (χ0v) is 13.1. The van der Waals surface area contributed by atoms with Crippen LogP contribution in [0, 0.1) is 5.92 Å². The van der Waals surface area contributed by atoms with Crippen LogP contribution in [0.1, 0.15) is 26.2 Å². The molecule has 3 aliphatic rings. The van der Waals surface area contributed by atoms with Crippen LogP contribution in [0.5, 0.6) is 0 Å². The van der Waals surface area contributed by atoms with Gasteiger partial charge in [-0.2, -0.15) is 0 Å². The Morgan fingerprint density at radius 3 is 2.68 bits per heavy atom. The molecule has 6 heteroatoms. The number of carbonyl (C=O) groups is 1. The highest BCUT2D eigenvalue weighted by Crippen LogP contribution is 2.26. The fourth-order valence-corrected chi connectivity index (χ4v) is 3.59. The third kappa shape index (κ3) is 3.35. The number of fused-ring (bicyclic) bond motifs is 1. The van der Waals surface area contributed by atoms with Gasteiger partial charge in [-0.3, -0.25) is 9.69 Å². The van der Waals surface area contributed by atoms with Crippen molar-refractivity contribution in [2.24, 2.45) is 5.92 Å². The molecule has 0 aromatic carbocycles. The number of nitrogens with zero attached hydrogens (tertiary/aromatic N) is 2. The van der Waals surface area contributed by atoms with Crippen LogP contribution in [0.15, 0.2) is 0 Å². The SMILES string of the molecule is CC1CN2CCCC2CN1C(=O)C1CCNC1.Cl.Cl. The van der Waals surface area contributed by atoms with Crippen molar-refractivity contribution in [3.05, 3.63) is 0 Å². The van der Waals surface area contributed by atoms with Crippen molar-refractivity contribution < 1.29 is 4.79 Å². The van der Waals surface area contributed by atoms with Crippen LogP contribution < -0.4 is 5.32 Å². The van der Waals surface area contributed by atoms with Crippen LogP contribution >= 0.6 is 24.8 Å². The molecule has 3 atom stereocenters. The molecule has 0 aromatic heterocycles. The third-order valence-corrected chi connectivity index (χ3v) is 4.63. The van der Waals surface area contributed by atoms with Gasteiger partial charge in [-0.05, 0) is 39.3 Å². The molecule has 3 heterocycles. The average molecular weight is 310 g/mol. The summed E-state index contributed by atoms with van der Waals surface area (Å²) in [6.07, 6.45) is 3.61. The number of rotatable bonds is 1. The predicted octanol–water partition coefficient (Wildman–Crippen LogP) is 1.13. The van der Waals surface area contributed by atoms with Gasteiger partial charge in [0.1, 0.15) is 0 Å². The van der Waals surface area contributed by atoms with E-state index in [1.54, 1.807) is 0 Å². The van der Waals surface area contributed by atoms with Crippen molar-refractivity contribution in [3.63, 3.8) is 0 Å². The monoisotopic (exact) mass is 309 g/mol. The van der Waals surface area contributed by atoms with E-state index in [9.17, 15) is 4.79 Å². The van der Waals surface area contributed by atoms with E-state index in [-0.39, 0.29) is 30.7 Å². The normalized spacial score (nSPS) is 34.4. The lowest BCUT2D eigenvalue weighted by atomic mass is 10.0. The maximum atomic E-state index is 12.5. The molecular formula is C13H25Cl2N3O. The molecule has 3 saturated heterocycles. The minimum Gasteiger partial charge on any atom is -0.337 e. The quantitative estimate of drug-likeness (QED) is 0.789. The number of hydrogen-bond acceptors (Lipinski definition) is 3. The summed E-state index contributed by atoms with van der Waals surface area (Å²) >= 11 is 0. The smallest absolute Gasteiger partial charge is 0.227 e. The number of amides is 1. The molecule has 112 valence electrons. The minimum absolute atomic E-state index is 0. The van der Waals surface area contributed by atoms with Crippen molar-refractivity contribution >= 4 is 30.7 Å². The highest BCUT2D eigenvalue weighted by Gasteiger charge is 2.38. The first-order valence-corrected chi connectivity index (χ1v) is 7.01. The maximum Gasteiger partial charge on any atom is 0.227 e. The van der Waals surface area contributed by atoms with Gasteiger partial charge in [0.05, 0.1) is 5.92 Å². The molecule has 0 aliphatic carbocycles. The lowest BCUT2D eigenvalue weighted by Crippen LogP contribution is -2.58. The zero-order chi connectivity index (χ0) is 11.8. The Kier molecular flexibility index (Phi) is 6.37. The lowest BCUT2D eigenvalue weighted by Gasteiger charge is -2.43. The highest BCUT2D eigenvalue weighted by molar-refractivity contribution is 5.85. The van der Waals surface area contributed by atoms with Gasteiger partial charge in [-0.1, -0.05) is 0 Å². The molecule has 3 fully saturated rings. The van der Waals surface area contributed by atoms with E-state index in [4.69, 9.17) is 0 Å². The van der Waals surface area contributed by atoms with E-state index in [1.807, 2.05) is 0 Å². The summed E-state index contributed by atoms with van der Waals surface area (Å²) in [6.45, 7) is 7.38. The van der Waals surface area contributed by atoms with Crippen molar-refractivity contribution in [1.82, 2.24) is 15.1 Å². The molecule has 19 heavy (non-hydrogen) atoms. The van der Waals surface area contributed by atoms with Crippen molar-refractivity contribution in [2.45, 2.75) is 38.3 Å². The zero-order valence-electron chi connectivity index (χ0n) is 11.5. The predicted molar refractivity (Wildman–Crippen MR) is 81.2 cm³/mol. The van der Waals surface area contributed by atoms with Gasteiger partial charge in [0.2, 0.25) is 5.91 Å². The average Bonchev–Trinajstić information content (AvgIpc) is 2.97. The van der Waals surface area contributed by atoms with Crippen LogP contribution in [0.25, 0.3) is 0 Å². The van der Waals surface area contributed by atoms with Crippen molar-refractivity contribution in [1.29, 1.82) is 0 Å². The Morgan fingerprint density at radius 2 is 2.00 bits per heavy atom. The summed E-state index contributed by atoms with van der Waals surface area (Å²) in [5.41, 5.74) is 0. The molecule has 0 radical (unpaired) electrons. The Bertz CT molecular complexity index is 310. The largest absolute Gasteiger partial charge is 0.337 e. The van der Waals surface area contributed by atoms with Gasteiger partial charge in [0.25, 0.3) is 0 Å². The molecule has 0 bridgehead atoms. The Morgan fingerprint density at radius 1 is 1.21 bits per heavy atom. The lowest BCUT2D eigenvalue weighted by molar-refractivity contribution is -0.140. The van der Waals surface area contributed by atoms with Crippen LogP contribution in [0.3, 0.4) is 0 Å². The number of carbonyl (C=O) groups excluding carboxylic acids is 1. The van der Waals surface area contributed by atoms with Gasteiger partial charge < -0.3 is 10.2 Å². The van der Waals surface area contributed by atoms with E-state index >= 15 is 0 Å². The van der Waals surface area contributed by atoms with Crippen molar-refractivity contribution in [2.75, 3.05) is 32.7 Å². The maximum absolute atomic E-state index is 12.5. The summed E-state index contributed by atoms with van der Waals surface area (Å²) in [6, 6.07) is 1.04. The number of hydrogen-bond donors (Lipinski definition) is 1. The second kappa shape index (κ2) is 7.11. The molecular weight excluding hydrogens is 285 g/mol. The van der Waals surface area contributed by atoms with E-state index in [0.29, 0.717) is 18.0 Å². The van der Waals surface area contributed by atoms with E-state index in [1.165, 1.54) is 19.4 Å². The molecule has 0 saturated carbocycles. The first-order chi connectivity index (χ1) is 8.25. The number of piperazine rings is 1. The standard InChI is InChI=1S/C13H23N3O.2ClH/c1-10-8-15-6-2-3-12(15)9-16(10)13(17)11-4-5-14-7-11;;/h10-12,14H,2-9H2,1H3;2*1H. The number of nitrogens with one attached hydrogen (secondary N) is 1. The Balaban J connectivity index is 0.000000902. The summed E-state index contributed by atoms with van der Waals surface area (Å²) < 4.78 is 0. The van der Waals surface area contributed by atoms with Gasteiger partial charge in [-0.25, -0.2) is 0 Å². The minimum atomic E-state index is 0. The third-order valence-electron chi connectivity index (χ3n) is 4.63. The van der Waals surface area contributed by atoms with Crippen LogP contribution in [-0.2, 0) is 4.79 Å². The summed E-state index contributed by atoms with van der Waals surface area (Å²) in [5.74, 6) is 0.638. The first-order valence-electron chi connectivity index (χ1n) is 7.01. The van der Waals surface area contributed by atoms with Gasteiger partial charge in [0.15, 0.2) is 0 Å². The fraction of sp³-hybridized carbons (Fsp3) is 0.923. The van der Waals surface area contributed by atoms with Gasteiger partial charge in [0, 0.05) is 31.7 Å². The van der Waals surface area contributed by atoms with Crippen LogP contribution in [0.4, 0.5) is 0 Å². The summed E-state index contributed by atoms with van der Waals surface area (Å²) in [5, 5.41) is 3.30. The van der Waals surface area contributed by atoms with Gasteiger partial charge in [-0.15, -0.1) is 24.8 Å². The molecule has 4 nitrogen and oxygen atoms in total. The topological polar surface area (TPSA) is 35.6 Å². The fourth-order valence-electron chi connectivity index (χ4n) is 3.59. The Labute approximate surface area is 128 Å². The van der Waals surface area contributed by atoms with E-state index < -0.39 is 0 Å². The molecule has 0 spiro atoms. The molecule has 1 amide bonds. The molecule has 3 rings (SSSR count). The van der Waals surface area contributed by atoms with Crippen molar-refractivity contribution in [3.8, 4) is 0 Å². The number of halogens is 2. The second-order valence-corrected chi connectivity index (χ2v) is 5.82. The van der Waals surface area contributed by atoms with E-state index in [0.717, 1.165) is 32.6 Å². The first kappa shape index (κ1) is 17.0. The highest BCUT2D eigenvalue weighted by atomic mass is 35.5. The second-order valence-electron chi connectivity index (χ2n) is 5.82. The van der Waals surface area contributed by atoms with Gasteiger partial charge >= 0.3 is 0 Å². The Hall–Kier alpha value is -0.0300. The summed E-state index contributed by atoms with van der Waals surface area (Å²) in [4.78, 5) is 17.2.